The molecule has 0 saturated carbocycles. The zero-order valence-corrected chi connectivity index (χ0v) is 47.6. The monoisotopic (exact) mass is 1180 g/mol. The highest BCUT2D eigenvalue weighted by atomic mass is 19.4. The van der Waals surface area contributed by atoms with E-state index in [1.807, 2.05) is 100 Å². The van der Waals surface area contributed by atoms with Crippen LogP contribution in [0.4, 0.5) is 41.6 Å². The molecule has 0 unspecified atom stereocenters. The Bertz CT molecular complexity index is 5510. The van der Waals surface area contributed by atoms with Crippen molar-refractivity contribution in [2.45, 2.75) is 6.18 Å². The number of halogens is 3. The highest BCUT2D eigenvalue weighted by Gasteiger charge is 2.31. The van der Waals surface area contributed by atoms with Crippen LogP contribution in [-0.4, -0.2) is 9.13 Å². The number of hydrogen-bond donors (Lipinski definition) is 0. The van der Waals surface area contributed by atoms with E-state index in [1.165, 1.54) is 30.3 Å². The van der Waals surface area contributed by atoms with Gasteiger partial charge in [0.2, 0.25) is 0 Å². The maximum atomic E-state index is 14.3. The van der Waals surface area contributed by atoms with Crippen LogP contribution >= 0.6 is 0 Å². The lowest BCUT2D eigenvalue weighted by Crippen LogP contribution is -2.04. The highest BCUT2D eigenvalue weighted by molar-refractivity contribution is 6.14. The molecule has 0 amide bonds. The Kier molecular flexibility index (Phi) is 13.9. The van der Waals surface area contributed by atoms with Crippen LogP contribution in [0.15, 0.2) is 200 Å². The van der Waals surface area contributed by atoms with E-state index in [9.17, 15) is 39.5 Å². The normalized spacial score (nSPS) is 10.9. The van der Waals surface area contributed by atoms with Crippen LogP contribution in [0.25, 0.3) is 146 Å². The van der Waals surface area contributed by atoms with Gasteiger partial charge in [0.05, 0.1) is 113 Å². The molecular weight excluding hydrogens is 1150 g/mol. The van der Waals surface area contributed by atoms with Gasteiger partial charge < -0.3 is 9.13 Å². The molecule has 0 radical (unpaired) electrons. The van der Waals surface area contributed by atoms with E-state index in [4.69, 9.17) is 32.9 Å². The average Bonchev–Trinajstić information content (AvgIpc) is 1.56. The van der Waals surface area contributed by atoms with Crippen molar-refractivity contribution in [1.82, 2.24) is 9.13 Å². The summed E-state index contributed by atoms with van der Waals surface area (Å²) in [4.78, 5) is 18.2. The summed E-state index contributed by atoms with van der Waals surface area (Å²) in [5, 5.41) is 53.7. The van der Waals surface area contributed by atoms with E-state index in [-0.39, 0.29) is 56.3 Å². The molecule has 0 aliphatic carbocycles. The van der Waals surface area contributed by atoms with Gasteiger partial charge in [-0.05, 0) is 183 Å². The molecule has 13 rings (SSSR count). The van der Waals surface area contributed by atoms with Gasteiger partial charge in [0, 0.05) is 49.4 Å². The molecule has 15 heteroatoms. The van der Waals surface area contributed by atoms with Crippen LogP contribution in [0.3, 0.4) is 0 Å². The Morgan fingerprint density at radius 2 is 0.641 bits per heavy atom. The predicted octanol–water partition coefficient (Wildman–Crippen LogP) is 21.0. The number of hydrogen-bond acceptors (Lipinski definition) is 5. The Labute approximate surface area is 523 Å². The van der Waals surface area contributed by atoms with Crippen LogP contribution in [0, 0.1) is 89.5 Å². The molecule has 2 aromatic heterocycles. The summed E-state index contributed by atoms with van der Waals surface area (Å²) < 4.78 is 47.0. The SMILES string of the molecule is [C-]#[N+]c1cc(C#N)cc(-c2ccc3c(c2)c2cc(-c4cc(C#N)cc(C#N)c4)ccc2n3-c2cc(C#N)ccc2-c2ccc(-c3ccc(C(F)(F)F)cc3[N+]#[C-])cc2-n2c3ccc(-c4cc(C#N)cc([N+]#[C-])c4)cc3c3cc(-c4cc([N+]#[C-])cc([N+]#[C-])c4)ccc32)c1. The largest absolute Gasteiger partial charge is 0.415 e. The van der Waals surface area contributed by atoms with Crippen molar-refractivity contribution in [3.63, 3.8) is 0 Å². The van der Waals surface area contributed by atoms with Crippen LogP contribution in [0.2, 0.25) is 0 Å². The molecule has 0 bridgehead atoms. The van der Waals surface area contributed by atoms with Gasteiger partial charge in [-0.2, -0.15) is 39.5 Å². The first kappa shape index (κ1) is 56.8. The lowest BCUT2D eigenvalue weighted by Gasteiger charge is -2.20. The van der Waals surface area contributed by atoms with E-state index >= 15 is 0 Å². The van der Waals surface area contributed by atoms with Crippen molar-refractivity contribution in [3.8, 4) is 108 Å². The molecule has 422 valence electrons. The van der Waals surface area contributed by atoms with Gasteiger partial charge >= 0.3 is 6.18 Å². The summed E-state index contributed by atoms with van der Waals surface area (Å²) in [6.45, 7) is 39.6. The fourth-order valence-electron chi connectivity index (χ4n) is 12.1. The van der Waals surface area contributed by atoms with Crippen molar-refractivity contribution in [2.24, 2.45) is 0 Å². The molecular formula is C77H33F3N12. The molecule has 2 heterocycles. The number of benzene rings is 11. The minimum absolute atomic E-state index is 0.217. The maximum Gasteiger partial charge on any atom is 0.415 e. The lowest BCUT2D eigenvalue weighted by molar-refractivity contribution is -0.137. The molecule has 12 nitrogen and oxygen atoms in total. The molecule has 0 N–H and O–H groups in total. The molecule has 0 aliphatic rings. The van der Waals surface area contributed by atoms with Crippen molar-refractivity contribution < 1.29 is 13.2 Å². The molecule has 0 fully saturated rings. The molecule has 0 atom stereocenters. The Morgan fingerprint density at radius 1 is 0.293 bits per heavy atom. The third-order valence-electron chi connectivity index (χ3n) is 16.2. The molecule has 0 saturated heterocycles. The Hall–Kier alpha value is -14.3. The fraction of sp³-hybridized carbons (Fsp3) is 0.0130. The second-order valence-corrected chi connectivity index (χ2v) is 21.5. The summed E-state index contributed by atoms with van der Waals surface area (Å²) in [5.74, 6) is 0. The number of aromatic nitrogens is 2. The van der Waals surface area contributed by atoms with E-state index < -0.39 is 11.7 Å². The quantitative estimate of drug-likeness (QED) is 0.139. The van der Waals surface area contributed by atoms with Gasteiger partial charge in [0.1, 0.15) is 0 Å². The van der Waals surface area contributed by atoms with E-state index in [0.717, 1.165) is 12.1 Å². The molecule has 0 aliphatic heterocycles. The van der Waals surface area contributed by atoms with Crippen molar-refractivity contribution >= 4 is 72.0 Å². The highest BCUT2D eigenvalue weighted by Crippen LogP contribution is 2.47. The van der Waals surface area contributed by atoms with Gasteiger partial charge in [-0.15, -0.1) is 0 Å². The maximum absolute atomic E-state index is 14.3. The smallest absolute Gasteiger partial charge is 0.309 e. The van der Waals surface area contributed by atoms with Crippen LogP contribution in [0.1, 0.15) is 33.4 Å². The fourth-order valence-corrected chi connectivity index (χ4v) is 12.1. The minimum Gasteiger partial charge on any atom is -0.309 e. The lowest BCUT2D eigenvalue weighted by atomic mass is 9.94. The van der Waals surface area contributed by atoms with Crippen LogP contribution in [0.5, 0.6) is 0 Å². The minimum atomic E-state index is -4.74. The first-order valence-electron chi connectivity index (χ1n) is 27.9. The molecule has 0 spiro atoms. The standard InChI is InChI=1S/C77H33F3N12/c1-86-59-25-47(42-84)23-55(28-59)50-9-17-72-67(33-50)66-32-49(54-21-45(40-82)20-46(22-54)41-83)8-16-71(66)91(72)75-27-44(39-81)6-13-64(75)65-14-7-53(63-15-12-58(77(78,79)80)37-70(63)90-5)36-76(65)92-73-18-10-51(56-24-48(43-85)26-60(29-56)87-2)34-68(73)69-35-52(11-19-74(69)92)57-30-61(88-3)38-62(31-57)89-4/h6-38H. The number of nitrogens with zero attached hydrogens (tertiary/aromatic N) is 12. The van der Waals surface area contributed by atoms with Crippen LogP contribution in [-0.2, 0) is 6.18 Å². The van der Waals surface area contributed by atoms with Crippen molar-refractivity contribution in [2.75, 3.05) is 0 Å². The van der Waals surface area contributed by atoms with E-state index in [2.05, 4.69) is 54.6 Å². The van der Waals surface area contributed by atoms with Gasteiger partial charge in [0.25, 0.3) is 0 Å². The van der Waals surface area contributed by atoms with Gasteiger partial charge in [-0.1, -0.05) is 72.8 Å². The van der Waals surface area contributed by atoms with Gasteiger partial charge in [-0.25, -0.2) is 24.2 Å². The van der Waals surface area contributed by atoms with Crippen molar-refractivity contribution in [3.05, 3.63) is 291 Å². The van der Waals surface area contributed by atoms with Gasteiger partial charge in [-0.3, -0.25) is 0 Å². The predicted molar refractivity (Wildman–Crippen MR) is 348 cm³/mol. The third-order valence-corrected chi connectivity index (χ3v) is 16.2. The summed E-state index contributed by atoms with van der Waals surface area (Å²) in [5.41, 5.74) is 11.7. The summed E-state index contributed by atoms with van der Waals surface area (Å²) in [6.07, 6.45) is -4.74. The van der Waals surface area contributed by atoms with Crippen LogP contribution < -0.4 is 0 Å². The summed E-state index contributed by atoms with van der Waals surface area (Å²) >= 11 is 0. The second-order valence-electron chi connectivity index (χ2n) is 21.5. The topological polar surface area (TPSA) is 151 Å². The summed E-state index contributed by atoms with van der Waals surface area (Å²) in [7, 11) is 0. The third kappa shape index (κ3) is 9.89. The Morgan fingerprint density at radius 3 is 1.03 bits per heavy atom. The van der Waals surface area contributed by atoms with E-state index in [0.29, 0.717) is 122 Å². The summed E-state index contributed by atoms with van der Waals surface area (Å²) in [6, 6.07) is 67.2. The number of fused-ring (bicyclic) bond motifs is 6. The first-order chi connectivity index (χ1) is 44.7. The zero-order chi connectivity index (χ0) is 64.1. The van der Waals surface area contributed by atoms with Gasteiger partial charge in [0.15, 0.2) is 28.4 Å². The van der Waals surface area contributed by atoms with Crippen molar-refractivity contribution in [1.29, 1.82) is 26.3 Å². The first-order valence-corrected chi connectivity index (χ1v) is 27.9. The number of rotatable bonds is 8. The zero-order valence-electron chi connectivity index (χ0n) is 47.6. The average molecular weight is 1180 g/mol. The van der Waals surface area contributed by atoms with E-state index in [1.54, 1.807) is 66.7 Å². The Balaban J connectivity index is 1.14. The number of alkyl halides is 3. The number of nitriles is 5. The second kappa shape index (κ2) is 22.5. The molecule has 92 heavy (non-hydrogen) atoms. The molecule has 13 aromatic rings. The molecule has 11 aromatic carbocycles.